The Bertz CT molecular complexity index is 276. The maximum absolute atomic E-state index is 10.4. The van der Waals surface area contributed by atoms with Gasteiger partial charge in [-0.2, -0.15) is 19.7 Å². The van der Waals surface area contributed by atoms with Crippen LogP contribution in [0.5, 0.6) is 0 Å². The lowest BCUT2D eigenvalue weighted by Gasteiger charge is -2.09. The van der Waals surface area contributed by atoms with Crippen molar-refractivity contribution in [3.05, 3.63) is 0 Å². The molecule has 0 saturated carbocycles. The minimum atomic E-state index is -5.11. The van der Waals surface area contributed by atoms with E-state index in [2.05, 4.69) is 8.94 Å². The van der Waals surface area contributed by atoms with E-state index < -0.39 is 15.6 Å². The van der Waals surface area contributed by atoms with E-state index in [1.807, 2.05) is 0 Å². The van der Waals surface area contributed by atoms with Gasteiger partial charge in [-0.15, -0.1) is 0 Å². The molecule has 0 bridgehead atoms. The standard InChI is InChI=1S/CH4N2O7P2.H3N/c2-1-3-9-12(7,8)10-11(4,5)6;/h3H,(H,7,8)(H2,4,5,6);1H3. The Hall–Kier alpha value is -0.490. The third-order valence-corrected chi connectivity index (χ3v) is 2.41. The number of hydrogen-bond acceptors (Lipinski definition) is 7. The van der Waals surface area contributed by atoms with Crippen molar-refractivity contribution in [2.24, 2.45) is 0 Å². The Balaban J connectivity index is 0. The lowest BCUT2D eigenvalue weighted by molar-refractivity contribution is 0.146. The molecule has 0 aromatic carbocycles. The molecule has 0 saturated heterocycles. The van der Waals surface area contributed by atoms with E-state index >= 15 is 0 Å². The van der Waals surface area contributed by atoms with Crippen molar-refractivity contribution in [1.82, 2.24) is 11.6 Å². The highest BCUT2D eigenvalue weighted by Gasteiger charge is 2.32. The van der Waals surface area contributed by atoms with Crippen LogP contribution in [-0.2, 0) is 18.1 Å². The molecule has 78 valence electrons. The van der Waals surface area contributed by atoms with Crippen LogP contribution in [0.3, 0.4) is 0 Å². The van der Waals surface area contributed by atoms with Crippen molar-refractivity contribution < 1.29 is 32.7 Å². The van der Waals surface area contributed by atoms with Crippen LogP contribution in [0, 0.1) is 11.5 Å². The average molecular weight is 235 g/mol. The van der Waals surface area contributed by atoms with Crippen LogP contribution in [0.4, 0.5) is 0 Å². The fourth-order valence-corrected chi connectivity index (χ4v) is 1.59. The summed E-state index contributed by atoms with van der Waals surface area (Å²) in [6.07, 6.45) is 1.07. The van der Waals surface area contributed by atoms with Crippen molar-refractivity contribution in [1.29, 1.82) is 5.26 Å². The smallest absolute Gasteiger partial charge is 0.344 e. The third-order valence-electron chi connectivity index (χ3n) is 0.416. The predicted molar refractivity (Wildman–Crippen MR) is 37.8 cm³/mol. The number of nitriles is 1. The normalized spacial score (nSPS) is 14.9. The van der Waals surface area contributed by atoms with Crippen molar-refractivity contribution in [2.75, 3.05) is 0 Å². The summed E-state index contributed by atoms with van der Waals surface area (Å²) in [5.74, 6) is 0. The summed E-state index contributed by atoms with van der Waals surface area (Å²) in [4.78, 5) is 24.4. The quantitative estimate of drug-likeness (QED) is 0.181. The second-order valence-corrected chi connectivity index (χ2v) is 4.10. The van der Waals surface area contributed by atoms with Gasteiger partial charge in [0.05, 0.1) is 0 Å². The van der Waals surface area contributed by atoms with Crippen LogP contribution in [-0.4, -0.2) is 14.7 Å². The number of hydroxylamine groups is 1. The van der Waals surface area contributed by atoms with Gasteiger partial charge in [-0.25, -0.2) is 9.13 Å². The number of phosphoric acid groups is 2. The zero-order valence-corrected chi connectivity index (χ0v) is 7.81. The molecule has 12 heteroatoms. The molecule has 0 radical (unpaired) electrons. The first-order valence-corrected chi connectivity index (χ1v) is 5.22. The van der Waals surface area contributed by atoms with Gasteiger partial charge in [0.25, 0.3) is 0 Å². The first-order valence-electron chi connectivity index (χ1n) is 2.19. The zero-order chi connectivity index (χ0) is 9.83. The van der Waals surface area contributed by atoms with Gasteiger partial charge < -0.3 is 20.8 Å². The van der Waals surface area contributed by atoms with Crippen molar-refractivity contribution in [2.45, 2.75) is 0 Å². The van der Waals surface area contributed by atoms with Crippen LogP contribution in [0.25, 0.3) is 0 Å². The Morgan fingerprint density at radius 1 is 1.31 bits per heavy atom. The molecule has 13 heavy (non-hydrogen) atoms. The Morgan fingerprint density at radius 3 is 2.08 bits per heavy atom. The number of nitrogens with one attached hydrogen (secondary N) is 1. The third kappa shape index (κ3) is 9.42. The van der Waals surface area contributed by atoms with E-state index in [0.29, 0.717) is 0 Å². The molecule has 0 aromatic heterocycles. The van der Waals surface area contributed by atoms with Crippen LogP contribution < -0.4 is 11.6 Å². The SMILES string of the molecule is N.N#CNOP(=O)(O)OP(=O)(O)O. The highest BCUT2D eigenvalue weighted by molar-refractivity contribution is 7.60. The first kappa shape index (κ1) is 15.0. The van der Waals surface area contributed by atoms with Gasteiger partial charge >= 0.3 is 15.6 Å². The van der Waals surface area contributed by atoms with Gasteiger partial charge in [0.2, 0.25) is 6.19 Å². The molecule has 0 amide bonds. The summed E-state index contributed by atoms with van der Waals surface area (Å²) < 4.78 is 27.2. The van der Waals surface area contributed by atoms with E-state index in [4.69, 9.17) is 19.9 Å². The van der Waals surface area contributed by atoms with Crippen LogP contribution in [0.1, 0.15) is 0 Å². The van der Waals surface area contributed by atoms with Crippen molar-refractivity contribution >= 4 is 15.6 Å². The number of hydrogen-bond donors (Lipinski definition) is 5. The molecule has 7 N–H and O–H groups in total. The summed E-state index contributed by atoms with van der Waals surface area (Å²) in [7, 11) is -10.0. The zero-order valence-electron chi connectivity index (χ0n) is 6.02. The molecule has 1 atom stereocenters. The largest absolute Gasteiger partial charge is 0.503 e. The van der Waals surface area contributed by atoms with E-state index in [1.54, 1.807) is 0 Å². The summed E-state index contributed by atoms with van der Waals surface area (Å²) in [5, 5.41) is 7.76. The highest BCUT2D eigenvalue weighted by atomic mass is 31.3. The van der Waals surface area contributed by atoms with E-state index in [0.717, 1.165) is 6.19 Å². The van der Waals surface area contributed by atoms with E-state index in [-0.39, 0.29) is 6.15 Å². The molecule has 0 aliphatic heterocycles. The summed E-state index contributed by atoms with van der Waals surface area (Å²) in [6, 6.07) is 0. The van der Waals surface area contributed by atoms with Crippen LogP contribution >= 0.6 is 15.6 Å². The second kappa shape index (κ2) is 5.29. The van der Waals surface area contributed by atoms with E-state index in [1.165, 1.54) is 5.48 Å². The first-order chi connectivity index (χ1) is 5.27. The summed E-state index contributed by atoms with van der Waals surface area (Å²) >= 11 is 0. The van der Waals surface area contributed by atoms with Gasteiger partial charge in [0, 0.05) is 0 Å². The number of rotatable bonds is 4. The van der Waals surface area contributed by atoms with Gasteiger partial charge in [-0.1, -0.05) is 0 Å². The number of nitrogens with zero attached hydrogens (tertiary/aromatic N) is 1. The van der Waals surface area contributed by atoms with Gasteiger partial charge in [0.15, 0.2) is 0 Å². The summed E-state index contributed by atoms with van der Waals surface area (Å²) in [5.41, 5.74) is 1.24. The Kier molecular flexibility index (Phi) is 6.10. The molecule has 0 heterocycles. The Labute approximate surface area is 72.5 Å². The van der Waals surface area contributed by atoms with Crippen molar-refractivity contribution in [3.8, 4) is 6.19 Å². The fourth-order valence-electron chi connectivity index (χ4n) is 0.229. The molecule has 0 aliphatic rings. The molecule has 0 rings (SSSR count). The maximum atomic E-state index is 10.4. The minimum absolute atomic E-state index is 0. The predicted octanol–water partition coefficient (Wildman–Crippen LogP) is -0.640. The lowest BCUT2D eigenvalue weighted by atomic mass is 11.5. The monoisotopic (exact) mass is 235 g/mol. The summed E-state index contributed by atoms with van der Waals surface area (Å²) in [6.45, 7) is 0. The lowest BCUT2D eigenvalue weighted by Crippen LogP contribution is -2.05. The van der Waals surface area contributed by atoms with Gasteiger partial charge in [0.1, 0.15) is 0 Å². The van der Waals surface area contributed by atoms with E-state index in [9.17, 15) is 9.13 Å². The minimum Gasteiger partial charge on any atom is -0.344 e. The van der Waals surface area contributed by atoms with Crippen LogP contribution in [0.2, 0.25) is 0 Å². The topological polar surface area (TPSA) is 184 Å². The fraction of sp³-hybridized carbons (Fsp3) is 0. The van der Waals surface area contributed by atoms with Gasteiger partial charge in [-0.3, -0.25) is 0 Å². The average Bonchev–Trinajstić information content (AvgIpc) is 1.78. The molecular weight excluding hydrogens is 228 g/mol. The van der Waals surface area contributed by atoms with Gasteiger partial charge in [-0.05, 0) is 0 Å². The van der Waals surface area contributed by atoms with Crippen molar-refractivity contribution in [3.63, 3.8) is 0 Å². The maximum Gasteiger partial charge on any atom is 0.503 e. The Morgan fingerprint density at radius 2 is 1.77 bits per heavy atom. The molecular formula is CH7N3O7P2. The molecule has 0 spiro atoms. The molecule has 1 unspecified atom stereocenters. The molecule has 0 fully saturated rings. The molecule has 0 aliphatic carbocycles. The van der Waals surface area contributed by atoms with Crippen LogP contribution in [0.15, 0.2) is 0 Å². The second-order valence-electron chi connectivity index (χ2n) is 1.35. The molecule has 10 nitrogen and oxygen atoms in total. The highest BCUT2D eigenvalue weighted by Crippen LogP contribution is 2.56. The molecule has 0 aromatic rings.